The Labute approximate surface area is 79.9 Å². The van der Waals surface area contributed by atoms with Gasteiger partial charge in [0.05, 0.1) is 0 Å². The Morgan fingerprint density at radius 2 is 1.77 bits per heavy atom. The van der Waals surface area contributed by atoms with Gasteiger partial charge in [-0.05, 0) is 43.5 Å². The lowest BCUT2D eigenvalue weighted by Crippen LogP contribution is -2.17. The van der Waals surface area contributed by atoms with Gasteiger partial charge in [0, 0.05) is 6.04 Å². The zero-order chi connectivity index (χ0) is 9.84. The molecule has 4 N–H and O–H groups in total. The van der Waals surface area contributed by atoms with Crippen molar-refractivity contribution in [2.45, 2.75) is 26.3 Å². The Hall–Kier alpha value is -0.860. The van der Waals surface area contributed by atoms with Crippen molar-refractivity contribution in [3.63, 3.8) is 0 Å². The predicted molar refractivity (Wildman–Crippen MR) is 56.5 cm³/mol. The summed E-state index contributed by atoms with van der Waals surface area (Å²) >= 11 is 0. The van der Waals surface area contributed by atoms with Crippen LogP contribution >= 0.6 is 0 Å². The summed E-state index contributed by atoms with van der Waals surface area (Å²) in [6.07, 6.45) is 0.853. The third-order valence-electron chi connectivity index (χ3n) is 2.39. The average molecular weight is 178 g/mol. The maximum atomic E-state index is 6.03. The van der Waals surface area contributed by atoms with Crippen LogP contribution in [0.15, 0.2) is 18.2 Å². The highest BCUT2D eigenvalue weighted by atomic mass is 14.7. The fraction of sp³-hybridized carbons (Fsp3) is 0.455. The van der Waals surface area contributed by atoms with Crippen LogP contribution in [0.5, 0.6) is 0 Å². The van der Waals surface area contributed by atoms with Gasteiger partial charge in [0.25, 0.3) is 0 Å². The Kier molecular flexibility index (Phi) is 3.46. The summed E-state index contributed by atoms with van der Waals surface area (Å²) < 4.78 is 0. The highest BCUT2D eigenvalue weighted by Crippen LogP contribution is 2.21. The van der Waals surface area contributed by atoms with E-state index in [4.69, 9.17) is 11.5 Å². The topological polar surface area (TPSA) is 52.0 Å². The molecule has 0 radical (unpaired) electrons. The summed E-state index contributed by atoms with van der Waals surface area (Å²) in [5.41, 5.74) is 15.3. The third-order valence-corrected chi connectivity index (χ3v) is 2.39. The van der Waals surface area contributed by atoms with Gasteiger partial charge in [-0.15, -0.1) is 0 Å². The molecule has 1 unspecified atom stereocenters. The highest BCUT2D eigenvalue weighted by molar-refractivity contribution is 5.35. The minimum Gasteiger partial charge on any atom is -0.330 e. The van der Waals surface area contributed by atoms with Gasteiger partial charge in [-0.2, -0.15) is 0 Å². The summed E-state index contributed by atoms with van der Waals surface area (Å²) in [5.74, 6) is 0. The number of aryl methyl sites for hydroxylation is 2. The summed E-state index contributed by atoms with van der Waals surface area (Å²) in [4.78, 5) is 0. The molecule has 13 heavy (non-hydrogen) atoms. The molecular weight excluding hydrogens is 160 g/mol. The molecule has 0 spiro atoms. The van der Waals surface area contributed by atoms with Crippen LogP contribution in [-0.2, 0) is 0 Å². The number of hydrogen-bond donors (Lipinski definition) is 2. The molecule has 1 atom stereocenters. The van der Waals surface area contributed by atoms with Crippen molar-refractivity contribution in [1.82, 2.24) is 0 Å². The van der Waals surface area contributed by atoms with E-state index in [0.717, 1.165) is 6.42 Å². The van der Waals surface area contributed by atoms with E-state index in [1.54, 1.807) is 0 Å². The van der Waals surface area contributed by atoms with Gasteiger partial charge in [-0.3, -0.25) is 0 Å². The van der Waals surface area contributed by atoms with Crippen LogP contribution in [0.3, 0.4) is 0 Å². The molecule has 0 aliphatic carbocycles. The SMILES string of the molecule is Cc1cccc(C)c1C(N)CCN. The van der Waals surface area contributed by atoms with Crippen molar-refractivity contribution in [3.05, 3.63) is 34.9 Å². The highest BCUT2D eigenvalue weighted by Gasteiger charge is 2.09. The normalized spacial score (nSPS) is 12.9. The molecule has 0 bridgehead atoms. The number of hydrogen-bond acceptors (Lipinski definition) is 2. The second kappa shape index (κ2) is 4.40. The summed E-state index contributed by atoms with van der Waals surface area (Å²) in [6.45, 7) is 4.84. The molecule has 1 aromatic rings. The van der Waals surface area contributed by atoms with Crippen LogP contribution in [0.4, 0.5) is 0 Å². The first-order valence-electron chi connectivity index (χ1n) is 4.68. The van der Waals surface area contributed by atoms with Crippen LogP contribution in [0.25, 0.3) is 0 Å². The van der Waals surface area contributed by atoms with Gasteiger partial charge in [-0.25, -0.2) is 0 Å². The van der Waals surface area contributed by atoms with Crippen molar-refractivity contribution >= 4 is 0 Å². The van der Waals surface area contributed by atoms with Crippen molar-refractivity contribution in [1.29, 1.82) is 0 Å². The van der Waals surface area contributed by atoms with E-state index in [0.29, 0.717) is 6.54 Å². The molecule has 1 aromatic carbocycles. The first-order valence-corrected chi connectivity index (χ1v) is 4.68. The molecule has 1 rings (SSSR count). The van der Waals surface area contributed by atoms with E-state index in [-0.39, 0.29) is 6.04 Å². The van der Waals surface area contributed by atoms with E-state index >= 15 is 0 Å². The smallest absolute Gasteiger partial charge is 0.0312 e. The minimum absolute atomic E-state index is 0.0891. The molecule has 0 saturated heterocycles. The fourth-order valence-corrected chi connectivity index (χ4v) is 1.74. The first kappa shape index (κ1) is 10.2. The third kappa shape index (κ3) is 2.29. The molecule has 0 amide bonds. The number of nitrogens with two attached hydrogens (primary N) is 2. The molecule has 0 heterocycles. The van der Waals surface area contributed by atoms with Crippen molar-refractivity contribution in [2.75, 3.05) is 6.54 Å². The van der Waals surface area contributed by atoms with Gasteiger partial charge in [-0.1, -0.05) is 18.2 Å². The molecule has 0 saturated carbocycles. The summed E-state index contributed by atoms with van der Waals surface area (Å²) in [7, 11) is 0. The Balaban J connectivity index is 2.98. The largest absolute Gasteiger partial charge is 0.330 e. The quantitative estimate of drug-likeness (QED) is 0.739. The van der Waals surface area contributed by atoms with E-state index in [9.17, 15) is 0 Å². The molecule has 0 fully saturated rings. The summed E-state index contributed by atoms with van der Waals surface area (Å²) in [6, 6.07) is 6.34. The second-order valence-corrected chi connectivity index (χ2v) is 3.49. The van der Waals surface area contributed by atoms with Crippen LogP contribution in [-0.4, -0.2) is 6.54 Å². The summed E-state index contributed by atoms with van der Waals surface area (Å²) in [5, 5.41) is 0. The first-order chi connectivity index (χ1) is 6.16. The lowest BCUT2D eigenvalue weighted by atomic mass is 9.95. The molecule has 0 aliphatic rings. The van der Waals surface area contributed by atoms with Crippen LogP contribution in [0, 0.1) is 13.8 Å². The van der Waals surface area contributed by atoms with Crippen molar-refractivity contribution < 1.29 is 0 Å². The van der Waals surface area contributed by atoms with E-state index in [1.807, 2.05) is 0 Å². The van der Waals surface area contributed by atoms with E-state index < -0.39 is 0 Å². The van der Waals surface area contributed by atoms with Crippen LogP contribution in [0.1, 0.15) is 29.2 Å². The van der Waals surface area contributed by atoms with Gasteiger partial charge in [0.2, 0.25) is 0 Å². The van der Waals surface area contributed by atoms with Crippen molar-refractivity contribution in [3.8, 4) is 0 Å². The maximum absolute atomic E-state index is 6.03. The van der Waals surface area contributed by atoms with Gasteiger partial charge in [0.1, 0.15) is 0 Å². The Bertz CT molecular complexity index is 261. The average Bonchev–Trinajstić information content (AvgIpc) is 2.04. The molecule has 2 heteroatoms. The minimum atomic E-state index is 0.0891. The molecule has 2 nitrogen and oxygen atoms in total. The monoisotopic (exact) mass is 178 g/mol. The lowest BCUT2D eigenvalue weighted by Gasteiger charge is -2.16. The zero-order valence-corrected chi connectivity index (χ0v) is 8.38. The number of rotatable bonds is 3. The van der Waals surface area contributed by atoms with Crippen molar-refractivity contribution in [2.24, 2.45) is 11.5 Å². The molecule has 72 valence electrons. The van der Waals surface area contributed by atoms with Gasteiger partial charge in [0.15, 0.2) is 0 Å². The molecular formula is C11H18N2. The van der Waals surface area contributed by atoms with Gasteiger partial charge < -0.3 is 11.5 Å². The Morgan fingerprint density at radius 1 is 1.23 bits per heavy atom. The predicted octanol–water partition coefficient (Wildman–Crippen LogP) is 1.65. The fourth-order valence-electron chi connectivity index (χ4n) is 1.74. The van der Waals surface area contributed by atoms with E-state index in [2.05, 4.69) is 32.0 Å². The van der Waals surface area contributed by atoms with Crippen LogP contribution < -0.4 is 11.5 Å². The van der Waals surface area contributed by atoms with Crippen LogP contribution in [0.2, 0.25) is 0 Å². The van der Waals surface area contributed by atoms with Gasteiger partial charge >= 0.3 is 0 Å². The zero-order valence-electron chi connectivity index (χ0n) is 8.38. The number of benzene rings is 1. The lowest BCUT2D eigenvalue weighted by molar-refractivity contribution is 0.654. The standard InChI is InChI=1S/C11H18N2/c1-8-4-3-5-9(2)11(8)10(13)6-7-12/h3-5,10H,6-7,12-13H2,1-2H3. The second-order valence-electron chi connectivity index (χ2n) is 3.49. The molecule has 0 aliphatic heterocycles. The maximum Gasteiger partial charge on any atom is 0.0312 e. The van der Waals surface area contributed by atoms with E-state index in [1.165, 1.54) is 16.7 Å². The molecule has 0 aromatic heterocycles. The Morgan fingerprint density at radius 3 is 2.23 bits per heavy atom.